The normalized spacial score (nSPS) is 15.1. The fraction of sp³-hybridized carbons (Fsp3) is 0.462. The van der Waals surface area contributed by atoms with Gasteiger partial charge in [0.25, 0.3) is 5.91 Å². The predicted molar refractivity (Wildman–Crippen MR) is 72.3 cm³/mol. The summed E-state index contributed by atoms with van der Waals surface area (Å²) < 4.78 is 4.86. The van der Waals surface area contributed by atoms with Crippen molar-refractivity contribution in [1.82, 2.24) is 9.88 Å². The molecule has 0 N–H and O–H groups in total. The molecule has 0 aromatic carbocycles. The summed E-state index contributed by atoms with van der Waals surface area (Å²) in [5.74, 6) is -0.600. The minimum absolute atomic E-state index is 0.129. The molecule has 6 heteroatoms. The molecule has 1 aliphatic heterocycles. The molecule has 1 amide bonds. The van der Waals surface area contributed by atoms with Gasteiger partial charge in [0.1, 0.15) is 5.69 Å². The first kappa shape index (κ1) is 13.7. The molecule has 1 aromatic rings. The highest BCUT2D eigenvalue weighted by Gasteiger charge is 2.22. The molecular weight excluding hydrogens is 264 g/mol. The Morgan fingerprint density at radius 1 is 1.53 bits per heavy atom. The number of ether oxygens (including phenoxy) is 1. The Balaban J connectivity index is 2.06. The van der Waals surface area contributed by atoms with E-state index in [9.17, 15) is 9.59 Å². The number of hydrogen-bond acceptors (Lipinski definition) is 5. The fourth-order valence-corrected chi connectivity index (χ4v) is 2.46. The lowest BCUT2D eigenvalue weighted by Gasteiger charge is -2.24. The molecule has 0 spiro atoms. The zero-order chi connectivity index (χ0) is 13.8. The van der Waals surface area contributed by atoms with Crippen LogP contribution in [-0.2, 0) is 4.74 Å². The highest BCUT2D eigenvalue weighted by molar-refractivity contribution is 7.11. The number of rotatable bonds is 3. The van der Waals surface area contributed by atoms with E-state index >= 15 is 0 Å². The van der Waals surface area contributed by atoms with E-state index in [0.29, 0.717) is 25.4 Å². The summed E-state index contributed by atoms with van der Waals surface area (Å²) in [5.41, 5.74) is 1.62. The van der Waals surface area contributed by atoms with Crippen molar-refractivity contribution in [2.45, 2.75) is 20.3 Å². The van der Waals surface area contributed by atoms with Gasteiger partial charge in [0.15, 0.2) is 0 Å². The smallest absolute Gasteiger partial charge is 0.367 e. The van der Waals surface area contributed by atoms with Gasteiger partial charge in [0.2, 0.25) is 5.01 Å². The molecule has 1 aliphatic rings. The highest BCUT2D eigenvalue weighted by Crippen LogP contribution is 2.16. The van der Waals surface area contributed by atoms with E-state index in [0.717, 1.165) is 17.8 Å². The standard InChI is InChI=1S/C13H16N2O3S/c1-3-18-13(17)11-14-10(8-19-11)12(16)15-6-4-9(2)5-7-15/h4,8H,3,5-7H2,1-2H3. The minimum Gasteiger partial charge on any atom is -0.461 e. The van der Waals surface area contributed by atoms with Crippen molar-refractivity contribution in [3.63, 3.8) is 0 Å². The maximum atomic E-state index is 12.2. The number of carbonyl (C=O) groups is 2. The van der Waals surface area contributed by atoms with Crippen molar-refractivity contribution in [1.29, 1.82) is 0 Å². The number of thiazole rings is 1. The second-order valence-corrected chi connectivity index (χ2v) is 5.17. The molecule has 0 unspecified atom stereocenters. The molecule has 2 rings (SSSR count). The molecule has 0 aliphatic carbocycles. The maximum Gasteiger partial charge on any atom is 0.367 e. The lowest BCUT2D eigenvalue weighted by Crippen LogP contribution is -2.34. The molecule has 102 valence electrons. The summed E-state index contributed by atoms with van der Waals surface area (Å²) in [5, 5.41) is 1.84. The zero-order valence-corrected chi connectivity index (χ0v) is 11.8. The maximum absolute atomic E-state index is 12.2. The molecular formula is C13H16N2O3S. The number of aromatic nitrogens is 1. The van der Waals surface area contributed by atoms with Gasteiger partial charge >= 0.3 is 5.97 Å². The van der Waals surface area contributed by atoms with Crippen molar-refractivity contribution >= 4 is 23.2 Å². The van der Waals surface area contributed by atoms with E-state index in [1.807, 2.05) is 6.08 Å². The van der Waals surface area contributed by atoms with Gasteiger partial charge in [-0.3, -0.25) is 4.79 Å². The molecule has 2 heterocycles. The van der Waals surface area contributed by atoms with Gasteiger partial charge in [-0.2, -0.15) is 0 Å². The topological polar surface area (TPSA) is 59.5 Å². The Morgan fingerprint density at radius 2 is 2.32 bits per heavy atom. The van der Waals surface area contributed by atoms with E-state index in [4.69, 9.17) is 4.74 Å². The van der Waals surface area contributed by atoms with Crippen molar-refractivity contribution in [3.8, 4) is 0 Å². The van der Waals surface area contributed by atoms with Crippen LogP contribution in [0.15, 0.2) is 17.0 Å². The molecule has 0 saturated heterocycles. The molecule has 0 fully saturated rings. The first-order valence-corrected chi connectivity index (χ1v) is 7.07. The summed E-state index contributed by atoms with van der Waals surface area (Å²) in [7, 11) is 0. The fourth-order valence-electron chi connectivity index (χ4n) is 1.78. The van der Waals surface area contributed by atoms with E-state index in [2.05, 4.69) is 11.9 Å². The Labute approximate surface area is 115 Å². The molecule has 0 atom stereocenters. The van der Waals surface area contributed by atoms with Gasteiger partial charge in [-0.25, -0.2) is 9.78 Å². The van der Waals surface area contributed by atoms with Crippen LogP contribution in [0.5, 0.6) is 0 Å². The van der Waals surface area contributed by atoms with E-state index in [1.54, 1.807) is 17.2 Å². The summed E-state index contributed by atoms with van der Waals surface area (Å²) >= 11 is 1.14. The van der Waals surface area contributed by atoms with Gasteiger partial charge in [0.05, 0.1) is 6.61 Å². The average Bonchev–Trinajstić information content (AvgIpc) is 2.89. The van der Waals surface area contributed by atoms with Crippen molar-refractivity contribution in [2.24, 2.45) is 0 Å². The second-order valence-electron chi connectivity index (χ2n) is 4.31. The number of amides is 1. The summed E-state index contributed by atoms with van der Waals surface area (Å²) in [6, 6.07) is 0. The van der Waals surface area contributed by atoms with Crippen LogP contribution in [0.25, 0.3) is 0 Å². The van der Waals surface area contributed by atoms with Crippen LogP contribution in [0.3, 0.4) is 0 Å². The number of carbonyl (C=O) groups excluding carboxylic acids is 2. The summed E-state index contributed by atoms with van der Waals surface area (Å²) in [4.78, 5) is 29.5. The lowest BCUT2D eigenvalue weighted by molar-refractivity contribution is 0.0526. The summed E-state index contributed by atoms with van der Waals surface area (Å²) in [6.45, 7) is 5.41. The third-order valence-corrected chi connectivity index (χ3v) is 3.72. The van der Waals surface area contributed by atoms with E-state index in [1.165, 1.54) is 5.57 Å². The van der Waals surface area contributed by atoms with Gasteiger partial charge in [-0.1, -0.05) is 11.6 Å². The minimum atomic E-state index is -0.471. The quantitative estimate of drug-likeness (QED) is 0.628. The first-order valence-electron chi connectivity index (χ1n) is 6.19. The molecule has 1 aromatic heterocycles. The Bertz CT molecular complexity index is 522. The first-order chi connectivity index (χ1) is 9.11. The van der Waals surface area contributed by atoms with Gasteiger partial charge in [-0.05, 0) is 20.3 Å². The number of hydrogen-bond donors (Lipinski definition) is 0. The Kier molecular flexibility index (Phi) is 4.31. The largest absolute Gasteiger partial charge is 0.461 e. The third-order valence-electron chi connectivity index (χ3n) is 2.90. The molecule has 0 saturated carbocycles. The third kappa shape index (κ3) is 3.20. The van der Waals surface area contributed by atoms with Crippen LogP contribution in [0.4, 0.5) is 0 Å². The van der Waals surface area contributed by atoms with Crippen LogP contribution < -0.4 is 0 Å². The lowest BCUT2D eigenvalue weighted by atomic mass is 10.1. The van der Waals surface area contributed by atoms with E-state index in [-0.39, 0.29) is 10.9 Å². The Morgan fingerprint density at radius 3 is 2.95 bits per heavy atom. The molecule has 5 nitrogen and oxygen atoms in total. The van der Waals surface area contributed by atoms with Gasteiger partial charge in [-0.15, -0.1) is 11.3 Å². The highest BCUT2D eigenvalue weighted by atomic mass is 32.1. The molecule has 19 heavy (non-hydrogen) atoms. The van der Waals surface area contributed by atoms with Crippen LogP contribution in [0.1, 0.15) is 40.6 Å². The summed E-state index contributed by atoms with van der Waals surface area (Å²) in [6.07, 6.45) is 2.93. The van der Waals surface area contributed by atoms with Crippen LogP contribution in [0, 0.1) is 0 Å². The van der Waals surface area contributed by atoms with Gasteiger partial charge in [0, 0.05) is 18.5 Å². The van der Waals surface area contributed by atoms with Crippen LogP contribution >= 0.6 is 11.3 Å². The van der Waals surface area contributed by atoms with Crippen molar-refractivity contribution in [2.75, 3.05) is 19.7 Å². The van der Waals surface area contributed by atoms with Crippen molar-refractivity contribution < 1.29 is 14.3 Å². The van der Waals surface area contributed by atoms with Crippen LogP contribution in [-0.4, -0.2) is 41.5 Å². The van der Waals surface area contributed by atoms with Gasteiger partial charge < -0.3 is 9.64 Å². The molecule has 0 radical (unpaired) electrons. The second kappa shape index (κ2) is 5.97. The zero-order valence-electron chi connectivity index (χ0n) is 11.0. The van der Waals surface area contributed by atoms with Crippen molar-refractivity contribution in [3.05, 3.63) is 27.7 Å². The Hall–Kier alpha value is -1.69. The number of esters is 1. The predicted octanol–water partition coefficient (Wildman–Crippen LogP) is 2.11. The van der Waals surface area contributed by atoms with Crippen LogP contribution in [0.2, 0.25) is 0 Å². The van der Waals surface area contributed by atoms with E-state index < -0.39 is 5.97 Å². The number of nitrogens with zero attached hydrogens (tertiary/aromatic N) is 2. The monoisotopic (exact) mass is 280 g/mol. The average molecular weight is 280 g/mol. The molecule has 0 bridgehead atoms. The SMILES string of the molecule is CCOC(=O)c1nc(C(=O)N2CC=C(C)CC2)cs1.